The molecule has 2 unspecified atom stereocenters. The molecule has 0 aliphatic carbocycles. The van der Waals surface area contributed by atoms with Crippen molar-refractivity contribution in [1.29, 1.82) is 0 Å². The molecule has 1 fully saturated rings. The summed E-state index contributed by atoms with van der Waals surface area (Å²) in [6.07, 6.45) is 5.33. The first-order valence-corrected chi connectivity index (χ1v) is 7.87. The number of hydrogen-bond acceptors (Lipinski definition) is 3. The molecular formula is C15H31N3O. The van der Waals surface area contributed by atoms with E-state index in [2.05, 4.69) is 29.4 Å². The number of carbonyl (C=O) groups is 1. The highest BCUT2D eigenvalue weighted by Gasteiger charge is 2.27. The third-order valence-electron chi connectivity index (χ3n) is 4.16. The van der Waals surface area contributed by atoms with E-state index in [-0.39, 0.29) is 5.91 Å². The van der Waals surface area contributed by atoms with Crippen LogP contribution in [0.2, 0.25) is 0 Å². The summed E-state index contributed by atoms with van der Waals surface area (Å²) in [7, 11) is 1.71. The fourth-order valence-corrected chi connectivity index (χ4v) is 2.91. The molecule has 1 amide bonds. The van der Waals surface area contributed by atoms with E-state index in [1.54, 1.807) is 7.05 Å². The van der Waals surface area contributed by atoms with Crippen molar-refractivity contribution >= 4 is 5.91 Å². The number of hydrogen-bond donors (Lipinski definition) is 2. The van der Waals surface area contributed by atoms with Crippen molar-refractivity contribution in [2.75, 3.05) is 33.2 Å². The van der Waals surface area contributed by atoms with Crippen LogP contribution in [0.3, 0.4) is 0 Å². The third-order valence-corrected chi connectivity index (χ3v) is 4.16. The highest BCUT2D eigenvalue weighted by Crippen LogP contribution is 2.20. The van der Waals surface area contributed by atoms with Crippen LogP contribution in [0.1, 0.15) is 46.0 Å². The maximum absolute atomic E-state index is 11.2. The Hall–Kier alpha value is -0.610. The average molecular weight is 269 g/mol. The largest absolute Gasteiger partial charge is 0.359 e. The summed E-state index contributed by atoms with van der Waals surface area (Å²) in [5.41, 5.74) is 0. The summed E-state index contributed by atoms with van der Waals surface area (Å²) in [6, 6.07) is 0.695. The van der Waals surface area contributed by atoms with E-state index in [0.29, 0.717) is 12.5 Å². The monoisotopic (exact) mass is 269 g/mol. The Balaban J connectivity index is 2.27. The van der Waals surface area contributed by atoms with Crippen molar-refractivity contribution in [3.63, 3.8) is 0 Å². The summed E-state index contributed by atoms with van der Waals surface area (Å²) >= 11 is 0. The van der Waals surface area contributed by atoms with Crippen LogP contribution >= 0.6 is 0 Å². The van der Waals surface area contributed by atoms with Crippen molar-refractivity contribution in [3.8, 4) is 0 Å². The van der Waals surface area contributed by atoms with Gasteiger partial charge >= 0.3 is 0 Å². The predicted molar refractivity (Wildman–Crippen MR) is 80.2 cm³/mol. The Labute approximate surface area is 118 Å². The molecule has 1 aliphatic rings. The van der Waals surface area contributed by atoms with E-state index in [0.717, 1.165) is 25.4 Å². The van der Waals surface area contributed by atoms with Gasteiger partial charge in [-0.1, -0.05) is 20.3 Å². The van der Waals surface area contributed by atoms with Gasteiger partial charge in [-0.2, -0.15) is 0 Å². The Morgan fingerprint density at radius 2 is 2.16 bits per heavy atom. The predicted octanol–water partition coefficient (Wildman–Crippen LogP) is 1.61. The zero-order chi connectivity index (χ0) is 14.1. The van der Waals surface area contributed by atoms with Crippen LogP contribution in [0, 0.1) is 5.92 Å². The molecule has 112 valence electrons. The summed E-state index contributed by atoms with van der Waals surface area (Å²) in [6.45, 7) is 9.07. The minimum Gasteiger partial charge on any atom is -0.359 e. The van der Waals surface area contributed by atoms with Gasteiger partial charge in [-0.3, -0.25) is 4.79 Å². The molecule has 0 saturated carbocycles. The minimum atomic E-state index is 0.159. The standard InChI is InChI=1S/C15H31N3O/c1-4-9-17-14-8-11-18(12-13(14)5-2)10-6-7-15(19)16-3/h13-14,17H,4-12H2,1-3H3,(H,16,19). The highest BCUT2D eigenvalue weighted by molar-refractivity contribution is 5.75. The zero-order valence-corrected chi connectivity index (χ0v) is 12.9. The molecule has 0 bridgehead atoms. The third kappa shape index (κ3) is 5.91. The molecule has 0 spiro atoms. The lowest BCUT2D eigenvalue weighted by atomic mass is 9.89. The number of nitrogens with one attached hydrogen (secondary N) is 2. The second-order valence-electron chi connectivity index (χ2n) is 5.59. The molecule has 1 rings (SSSR count). The summed E-state index contributed by atoms with van der Waals surface area (Å²) in [5, 5.41) is 6.37. The molecule has 0 aromatic carbocycles. The van der Waals surface area contributed by atoms with E-state index >= 15 is 0 Å². The molecule has 4 nitrogen and oxygen atoms in total. The number of likely N-dealkylation sites (tertiary alicyclic amines) is 1. The molecule has 1 heterocycles. The molecule has 0 aromatic rings. The molecule has 0 radical (unpaired) electrons. The van der Waals surface area contributed by atoms with Crippen LogP contribution < -0.4 is 10.6 Å². The summed E-state index contributed by atoms with van der Waals surface area (Å²) in [5.74, 6) is 0.923. The highest BCUT2D eigenvalue weighted by atomic mass is 16.1. The van der Waals surface area contributed by atoms with Crippen LogP contribution in [0.15, 0.2) is 0 Å². The number of carbonyl (C=O) groups excluding carboxylic acids is 1. The van der Waals surface area contributed by atoms with Gasteiger partial charge in [-0.05, 0) is 44.8 Å². The first-order valence-electron chi connectivity index (χ1n) is 7.87. The van der Waals surface area contributed by atoms with Gasteiger partial charge in [0.05, 0.1) is 0 Å². The van der Waals surface area contributed by atoms with Crippen LogP contribution in [-0.4, -0.2) is 50.1 Å². The van der Waals surface area contributed by atoms with Gasteiger partial charge in [0.1, 0.15) is 0 Å². The van der Waals surface area contributed by atoms with Gasteiger partial charge in [0.25, 0.3) is 0 Å². The van der Waals surface area contributed by atoms with E-state index in [1.165, 1.54) is 32.4 Å². The fraction of sp³-hybridized carbons (Fsp3) is 0.933. The number of nitrogens with zero attached hydrogens (tertiary/aromatic N) is 1. The summed E-state index contributed by atoms with van der Waals surface area (Å²) in [4.78, 5) is 13.7. The SMILES string of the molecule is CCCNC1CCN(CCCC(=O)NC)CC1CC. The lowest BCUT2D eigenvalue weighted by Gasteiger charge is -2.38. The maximum atomic E-state index is 11.2. The van der Waals surface area contributed by atoms with Crippen LogP contribution in [0.4, 0.5) is 0 Å². The van der Waals surface area contributed by atoms with Crippen molar-refractivity contribution < 1.29 is 4.79 Å². The Kier molecular flexibility index (Phi) is 8.07. The second kappa shape index (κ2) is 9.32. The van der Waals surface area contributed by atoms with E-state index in [1.807, 2.05) is 0 Å². The Bertz CT molecular complexity index is 258. The molecule has 19 heavy (non-hydrogen) atoms. The van der Waals surface area contributed by atoms with Gasteiger partial charge in [0.15, 0.2) is 0 Å². The topological polar surface area (TPSA) is 44.4 Å². The van der Waals surface area contributed by atoms with Gasteiger partial charge in [-0.15, -0.1) is 0 Å². The first-order chi connectivity index (χ1) is 9.21. The van der Waals surface area contributed by atoms with Crippen molar-refractivity contribution in [2.24, 2.45) is 5.92 Å². The summed E-state index contributed by atoms with van der Waals surface area (Å²) < 4.78 is 0. The zero-order valence-electron chi connectivity index (χ0n) is 12.9. The first kappa shape index (κ1) is 16.4. The van der Waals surface area contributed by atoms with Crippen LogP contribution in [0.25, 0.3) is 0 Å². The molecule has 1 aliphatic heterocycles. The second-order valence-corrected chi connectivity index (χ2v) is 5.59. The molecule has 4 heteroatoms. The fourth-order valence-electron chi connectivity index (χ4n) is 2.91. The molecular weight excluding hydrogens is 238 g/mol. The van der Waals surface area contributed by atoms with Crippen LogP contribution in [0.5, 0.6) is 0 Å². The quantitative estimate of drug-likeness (QED) is 0.704. The normalized spacial score (nSPS) is 24.4. The minimum absolute atomic E-state index is 0.159. The number of amides is 1. The van der Waals surface area contributed by atoms with Gasteiger partial charge in [0.2, 0.25) is 5.91 Å². The number of piperidine rings is 1. The maximum Gasteiger partial charge on any atom is 0.219 e. The van der Waals surface area contributed by atoms with Crippen LogP contribution in [-0.2, 0) is 4.79 Å². The van der Waals surface area contributed by atoms with Gasteiger partial charge in [0, 0.05) is 26.1 Å². The smallest absolute Gasteiger partial charge is 0.219 e. The molecule has 0 aromatic heterocycles. The van der Waals surface area contributed by atoms with E-state index in [4.69, 9.17) is 0 Å². The van der Waals surface area contributed by atoms with Crippen molar-refractivity contribution in [1.82, 2.24) is 15.5 Å². The van der Waals surface area contributed by atoms with Gasteiger partial charge < -0.3 is 15.5 Å². The Morgan fingerprint density at radius 3 is 2.79 bits per heavy atom. The lowest BCUT2D eigenvalue weighted by molar-refractivity contribution is -0.120. The van der Waals surface area contributed by atoms with Crippen molar-refractivity contribution in [3.05, 3.63) is 0 Å². The van der Waals surface area contributed by atoms with Gasteiger partial charge in [-0.25, -0.2) is 0 Å². The average Bonchev–Trinajstić information content (AvgIpc) is 2.45. The molecule has 2 N–H and O–H groups in total. The van der Waals surface area contributed by atoms with Crippen molar-refractivity contribution in [2.45, 2.75) is 52.0 Å². The number of rotatable bonds is 8. The van der Waals surface area contributed by atoms with E-state index in [9.17, 15) is 4.79 Å². The molecule has 2 atom stereocenters. The Morgan fingerprint density at radius 1 is 1.37 bits per heavy atom. The lowest BCUT2D eigenvalue weighted by Crippen LogP contribution is -2.49. The molecule has 1 saturated heterocycles. The van der Waals surface area contributed by atoms with E-state index < -0.39 is 0 Å².